The number of imide groups is 1. The summed E-state index contributed by atoms with van der Waals surface area (Å²) in [5, 5.41) is 4.09. The van der Waals surface area contributed by atoms with Crippen LogP contribution >= 0.6 is 0 Å². The van der Waals surface area contributed by atoms with Crippen molar-refractivity contribution in [2.24, 2.45) is 5.16 Å². The Morgan fingerprint density at radius 3 is 2.23 bits per heavy atom. The minimum Gasteiger partial charge on any atom is -0.496 e. The molecule has 1 atom stereocenters. The SMILES string of the molecule is COc1cc(OC)c(C2=NO[C@@]3(CC(=O)N(c4ccc(F)cc4)C3=O)C2)cc1OC. The standard InChI is InChI=1S/C21H19FN2O6/c1-27-16-9-18(29-3)17(28-2)8-14(16)15-10-21(30-23-15)11-19(25)24(20(21)26)13-6-4-12(22)5-7-13/h4-9H,10-11H2,1-3H3/t21-/m1/s1. The zero-order valence-corrected chi connectivity index (χ0v) is 16.6. The van der Waals surface area contributed by atoms with Crippen LogP contribution in [-0.2, 0) is 14.4 Å². The number of nitrogens with zero attached hydrogens (tertiary/aromatic N) is 2. The first-order chi connectivity index (χ1) is 14.4. The number of amides is 2. The average molecular weight is 414 g/mol. The largest absolute Gasteiger partial charge is 0.496 e. The summed E-state index contributed by atoms with van der Waals surface area (Å²) in [6.45, 7) is 0. The lowest BCUT2D eigenvalue weighted by atomic mass is 9.92. The zero-order chi connectivity index (χ0) is 21.5. The molecule has 8 nitrogen and oxygen atoms in total. The van der Waals surface area contributed by atoms with Crippen molar-refractivity contribution in [3.8, 4) is 17.2 Å². The van der Waals surface area contributed by atoms with Gasteiger partial charge >= 0.3 is 0 Å². The van der Waals surface area contributed by atoms with Crippen LogP contribution in [0.15, 0.2) is 41.6 Å². The van der Waals surface area contributed by atoms with Gasteiger partial charge in [-0.3, -0.25) is 9.59 Å². The summed E-state index contributed by atoms with van der Waals surface area (Å²) in [6.07, 6.45) is -0.104. The van der Waals surface area contributed by atoms with Gasteiger partial charge in [-0.1, -0.05) is 5.16 Å². The highest BCUT2D eigenvalue weighted by Gasteiger charge is 2.58. The van der Waals surface area contributed by atoms with E-state index in [1.54, 1.807) is 12.1 Å². The molecule has 0 bridgehead atoms. The Morgan fingerprint density at radius 2 is 1.60 bits per heavy atom. The van der Waals surface area contributed by atoms with Gasteiger partial charge in [-0.05, 0) is 30.3 Å². The van der Waals surface area contributed by atoms with Gasteiger partial charge in [0.25, 0.3) is 5.91 Å². The van der Waals surface area contributed by atoms with E-state index in [4.69, 9.17) is 19.0 Å². The summed E-state index contributed by atoms with van der Waals surface area (Å²) in [7, 11) is 4.51. The van der Waals surface area contributed by atoms with Crippen molar-refractivity contribution >= 4 is 23.2 Å². The molecule has 0 N–H and O–H groups in total. The summed E-state index contributed by atoms with van der Waals surface area (Å²) in [6, 6.07) is 8.45. The topological polar surface area (TPSA) is 86.7 Å². The molecule has 1 saturated heterocycles. The molecule has 0 aromatic heterocycles. The number of halogens is 1. The van der Waals surface area contributed by atoms with Crippen LogP contribution < -0.4 is 19.1 Å². The Morgan fingerprint density at radius 1 is 0.967 bits per heavy atom. The van der Waals surface area contributed by atoms with Crippen molar-refractivity contribution < 1.29 is 33.0 Å². The molecule has 1 fully saturated rings. The first kappa shape index (κ1) is 19.7. The molecule has 156 valence electrons. The third-order valence-corrected chi connectivity index (χ3v) is 5.16. The fraction of sp³-hybridized carbons (Fsp3) is 0.286. The van der Waals surface area contributed by atoms with E-state index in [9.17, 15) is 14.0 Å². The molecule has 30 heavy (non-hydrogen) atoms. The van der Waals surface area contributed by atoms with E-state index >= 15 is 0 Å². The van der Waals surface area contributed by atoms with E-state index < -0.39 is 23.2 Å². The summed E-state index contributed by atoms with van der Waals surface area (Å²) in [5.41, 5.74) is -0.162. The van der Waals surface area contributed by atoms with Gasteiger partial charge in [-0.2, -0.15) is 0 Å². The predicted molar refractivity (Wildman–Crippen MR) is 105 cm³/mol. The van der Waals surface area contributed by atoms with E-state index in [2.05, 4.69) is 5.16 Å². The Balaban J connectivity index is 1.65. The Hall–Kier alpha value is -3.62. The lowest BCUT2D eigenvalue weighted by molar-refractivity contribution is -0.136. The molecule has 4 rings (SSSR count). The first-order valence-corrected chi connectivity index (χ1v) is 9.11. The molecule has 2 aromatic rings. The van der Waals surface area contributed by atoms with Crippen LogP contribution in [0.1, 0.15) is 18.4 Å². The van der Waals surface area contributed by atoms with Crippen LogP contribution in [0.4, 0.5) is 10.1 Å². The fourth-order valence-electron chi connectivity index (χ4n) is 3.65. The predicted octanol–water partition coefficient (Wildman–Crippen LogP) is 2.68. The monoisotopic (exact) mass is 414 g/mol. The second kappa shape index (κ2) is 7.33. The Bertz CT molecular complexity index is 1050. The number of benzene rings is 2. The van der Waals surface area contributed by atoms with Crippen LogP contribution in [0.3, 0.4) is 0 Å². The molecule has 2 aromatic carbocycles. The number of ether oxygens (including phenoxy) is 3. The van der Waals surface area contributed by atoms with E-state index in [-0.39, 0.29) is 18.5 Å². The molecular formula is C21H19FN2O6. The fourth-order valence-corrected chi connectivity index (χ4v) is 3.65. The van der Waals surface area contributed by atoms with Gasteiger partial charge < -0.3 is 19.0 Å². The van der Waals surface area contributed by atoms with Gasteiger partial charge in [-0.25, -0.2) is 9.29 Å². The van der Waals surface area contributed by atoms with Crippen molar-refractivity contribution in [1.29, 1.82) is 0 Å². The van der Waals surface area contributed by atoms with E-state index in [0.717, 1.165) is 4.90 Å². The normalized spacial score (nSPS) is 20.4. The average Bonchev–Trinajstić information content (AvgIpc) is 3.28. The van der Waals surface area contributed by atoms with E-state index in [1.807, 2.05) is 0 Å². The molecule has 2 aliphatic rings. The van der Waals surface area contributed by atoms with Crippen LogP contribution in [0.5, 0.6) is 17.2 Å². The lowest BCUT2D eigenvalue weighted by Crippen LogP contribution is -2.40. The summed E-state index contributed by atoms with van der Waals surface area (Å²) >= 11 is 0. The molecule has 0 radical (unpaired) electrons. The van der Waals surface area contributed by atoms with Gasteiger partial charge in [-0.15, -0.1) is 0 Å². The number of oxime groups is 1. The Kier molecular flexibility index (Phi) is 4.81. The minimum atomic E-state index is -1.45. The van der Waals surface area contributed by atoms with Crippen molar-refractivity contribution in [2.75, 3.05) is 26.2 Å². The first-order valence-electron chi connectivity index (χ1n) is 9.11. The van der Waals surface area contributed by atoms with Crippen molar-refractivity contribution in [1.82, 2.24) is 0 Å². The number of carbonyl (C=O) groups is 2. The summed E-state index contributed by atoms with van der Waals surface area (Å²) < 4.78 is 29.3. The van der Waals surface area contributed by atoms with E-state index in [1.165, 1.54) is 45.6 Å². The highest BCUT2D eigenvalue weighted by atomic mass is 19.1. The quantitative estimate of drug-likeness (QED) is 0.700. The zero-order valence-electron chi connectivity index (χ0n) is 16.6. The molecule has 2 aliphatic heterocycles. The maximum absolute atomic E-state index is 13.2. The van der Waals surface area contributed by atoms with Crippen molar-refractivity contribution in [2.45, 2.75) is 18.4 Å². The molecule has 0 saturated carbocycles. The van der Waals surface area contributed by atoms with Gasteiger partial charge in [0.2, 0.25) is 11.5 Å². The number of hydrogen-bond donors (Lipinski definition) is 0. The van der Waals surface area contributed by atoms with Gasteiger partial charge in [0.1, 0.15) is 11.6 Å². The van der Waals surface area contributed by atoms with Gasteiger partial charge in [0.15, 0.2) is 11.5 Å². The van der Waals surface area contributed by atoms with Crippen LogP contribution in [-0.4, -0.2) is 44.5 Å². The minimum absolute atomic E-state index is 0.0705. The molecule has 0 unspecified atom stereocenters. The van der Waals surface area contributed by atoms with E-state index in [0.29, 0.717) is 28.5 Å². The molecular weight excluding hydrogens is 395 g/mol. The Labute approximate surface area is 171 Å². The van der Waals surface area contributed by atoms with Crippen LogP contribution in [0.25, 0.3) is 0 Å². The highest BCUT2D eigenvalue weighted by Crippen LogP contribution is 2.42. The number of carbonyl (C=O) groups excluding carboxylic acids is 2. The molecule has 2 heterocycles. The van der Waals surface area contributed by atoms with Crippen molar-refractivity contribution in [3.63, 3.8) is 0 Å². The molecule has 9 heteroatoms. The number of rotatable bonds is 5. The van der Waals surface area contributed by atoms with Gasteiger partial charge in [0.05, 0.1) is 39.1 Å². The number of hydrogen-bond acceptors (Lipinski definition) is 7. The number of methoxy groups -OCH3 is 3. The third-order valence-electron chi connectivity index (χ3n) is 5.16. The van der Waals surface area contributed by atoms with Crippen molar-refractivity contribution in [3.05, 3.63) is 47.8 Å². The maximum Gasteiger partial charge on any atom is 0.281 e. The summed E-state index contributed by atoms with van der Waals surface area (Å²) in [4.78, 5) is 32.3. The lowest BCUT2D eigenvalue weighted by Gasteiger charge is -2.19. The molecule has 2 amide bonds. The second-order valence-electron chi connectivity index (χ2n) is 6.90. The smallest absolute Gasteiger partial charge is 0.281 e. The summed E-state index contributed by atoms with van der Waals surface area (Å²) in [5.74, 6) is -0.0599. The van der Waals surface area contributed by atoms with Gasteiger partial charge in [0, 0.05) is 18.1 Å². The molecule has 1 spiro atoms. The maximum atomic E-state index is 13.2. The molecule has 0 aliphatic carbocycles. The third kappa shape index (κ3) is 3.02. The number of anilines is 1. The highest BCUT2D eigenvalue weighted by molar-refractivity contribution is 6.26. The van der Waals surface area contributed by atoms with Crippen LogP contribution in [0.2, 0.25) is 0 Å². The second-order valence-corrected chi connectivity index (χ2v) is 6.90. The van der Waals surface area contributed by atoms with Crippen LogP contribution in [0, 0.1) is 5.82 Å².